The molecule has 1 aromatic rings. The standard InChI is InChI=1S/C10H17N2O2.BF4/c1-4-12-8-11-9(13-5-2)7-10(12)14-6-3;2-1(3,4)5/h7-8H,4-6H2,1-3H3;/q+1;-1. The summed E-state index contributed by atoms with van der Waals surface area (Å²) in [6.45, 7) is 8.05. The lowest BCUT2D eigenvalue weighted by Gasteiger charge is -2.05. The average Bonchev–Trinajstić information content (AvgIpc) is 2.28. The van der Waals surface area contributed by atoms with E-state index in [-0.39, 0.29) is 0 Å². The van der Waals surface area contributed by atoms with E-state index in [1.165, 1.54) is 0 Å². The van der Waals surface area contributed by atoms with Gasteiger partial charge in [0.15, 0.2) is 0 Å². The molecule has 0 N–H and O–H groups in total. The van der Waals surface area contributed by atoms with Crippen LogP contribution in [0.4, 0.5) is 17.3 Å². The van der Waals surface area contributed by atoms with E-state index >= 15 is 0 Å². The van der Waals surface area contributed by atoms with E-state index in [9.17, 15) is 17.3 Å². The van der Waals surface area contributed by atoms with E-state index in [0.717, 1.165) is 12.4 Å². The largest absolute Gasteiger partial charge is 0.673 e. The average molecular weight is 284 g/mol. The Hall–Kier alpha value is -1.54. The van der Waals surface area contributed by atoms with E-state index in [2.05, 4.69) is 4.98 Å². The number of rotatable bonds is 5. The Morgan fingerprint density at radius 2 is 1.63 bits per heavy atom. The van der Waals surface area contributed by atoms with Crippen LogP contribution in [0.2, 0.25) is 0 Å². The fraction of sp³-hybridized carbons (Fsp3) is 0.600. The summed E-state index contributed by atoms with van der Waals surface area (Å²) in [7, 11) is -6.00. The number of ether oxygens (including phenoxy) is 2. The van der Waals surface area contributed by atoms with Crippen molar-refractivity contribution in [3.63, 3.8) is 0 Å². The molecule has 4 nitrogen and oxygen atoms in total. The molecule has 0 unspecified atom stereocenters. The molecular weight excluding hydrogens is 267 g/mol. The molecule has 0 aliphatic rings. The molecule has 0 aromatic carbocycles. The zero-order valence-corrected chi connectivity index (χ0v) is 11.1. The predicted octanol–water partition coefficient (Wildman–Crippen LogP) is 2.49. The van der Waals surface area contributed by atoms with Gasteiger partial charge in [-0.2, -0.15) is 4.57 Å². The summed E-state index contributed by atoms with van der Waals surface area (Å²) in [6.07, 6.45) is 1.73. The topological polar surface area (TPSA) is 35.2 Å². The summed E-state index contributed by atoms with van der Waals surface area (Å²) in [5, 5.41) is 0. The third kappa shape index (κ3) is 9.09. The van der Waals surface area contributed by atoms with Crippen LogP contribution in [0.5, 0.6) is 11.8 Å². The number of aryl methyl sites for hydroxylation is 1. The van der Waals surface area contributed by atoms with Crippen molar-refractivity contribution in [1.29, 1.82) is 0 Å². The van der Waals surface area contributed by atoms with Gasteiger partial charge < -0.3 is 26.7 Å². The molecule has 0 spiro atoms. The van der Waals surface area contributed by atoms with Gasteiger partial charge in [-0.05, 0) is 25.8 Å². The van der Waals surface area contributed by atoms with Gasteiger partial charge in [-0.15, -0.1) is 0 Å². The zero-order chi connectivity index (χ0) is 14.9. The Labute approximate surface area is 109 Å². The number of nitrogens with zero attached hydrogens (tertiary/aromatic N) is 2. The van der Waals surface area contributed by atoms with Crippen molar-refractivity contribution in [2.45, 2.75) is 27.3 Å². The van der Waals surface area contributed by atoms with Gasteiger partial charge >= 0.3 is 13.1 Å². The molecule has 19 heavy (non-hydrogen) atoms. The maximum Gasteiger partial charge on any atom is 0.673 e. The Morgan fingerprint density at radius 3 is 2.05 bits per heavy atom. The first kappa shape index (κ1) is 17.5. The van der Waals surface area contributed by atoms with E-state index in [4.69, 9.17) is 9.47 Å². The molecule has 1 aromatic heterocycles. The summed E-state index contributed by atoms with van der Waals surface area (Å²) >= 11 is 0. The summed E-state index contributed by atoms with van der Waals surface area (Å²) < 4.78 is 51.7. The molecule has 1 heterocycles. The molecule has 0 aliphatic carbocycles. The van der Waals surface area contributed by atoms with Crippen LogP contribution in [0.25, 0.3) is 0 Å². The Balaban J connectivity index is 0.000000555. The highest BCUT2D eigenvalue weighted by atomic mass is 19.5. The summed E-state index contributed by atoms with van der Waals surface area (Å²) in [6, 6.07) is 1.82. The van der Waals surface area contributed by atoms with Gasteiger partial charge in [0, 0.05) is 0 Å². The second-order valence-corrected chi connectivity index (χ2v) is 3.21. The van der Waals surface area contributed by atoms with Crippen molar-refractivity contribution < 1.29 is 31.3 Å². The molecule has 0 atom stereocenters. The number of aromatic nitrogens is 2. The van der Waals surface area contributed by atoms with Gasteiger partial charge in [0.1, 0.15) is 6.07 Å². The molecule has 110 valence electrons. The Morgan fingerprint density at radius 1 is 1.11 bits per heavy atom. The van der Waals surface area contributed by atoms with Gasteiger partial charge in [0.05, 0.1) is 19.8 Å². The van der Waals surface area contributed by atoms with Crippen molar-refractivity contribution in [3.05, 3.63) is 12.4 Å². The summed E-state index contributed by atoms with van der Waals surface area (Å²) in [5.41, 5.74) is 0. The van der Waals surface area contributed by atoms with E-state index in [0.29, 0.717) is 19.1 Å². The first-order valence-corrected chi connectivity index (χ1v) is 5.84. The monoisotopic (exact) mass is 284 g/mol. The van der Waals surface area contributed by atoms with Crippen LogP contribution in [0.1, 0.15) is 20.8 Å². The lowest BCUT2D eigenvalue weighted by molar-refractivity contribution is -0.701. The second-order valence-electron chi connectivity index (χ2n) is 3.21. The van der Waals surface area contributed by atoms with Crippen molar-refractivity contribution in [2.24, 2.45) is 0 Å². The van der Waals surface area contributed by atoms with Crippen LogP contribution in [-0.4, -0.2) is 25.5 Å². The molecule has 9 heteroatoms. The van der Waals surface area contributed by atoms with E-state index in [1.54, 1.807) is 6.33 Å². The highest BCUT2D eigenvalue weighted by Gasteiger charge is 2.20. The highest BCUT2D eigenvalue weighted by Crippen LogP contribution is 2.11. The van der Waals surface area contributed by atoms with Crippen LogP contribution in [0.3, 0.4) is 0 Å². The highest BCUT2D eigenvalue weighted by molar-refractivity contribution is 6.50. The lowest BCUT2D eigenvalue weighted by Crippen LogP contribution is -2.35. The molecule has 0 saturated carbocycles. The number of hydrogen-bond donors (Lipinski definition) is 0. The third-order valence-corrected chi connectivity index (χ3v) is 1.78. The second kappa shape index (κ2) is 8.55. The molecular formula is C10H17BF4N2O2. The number of halogens is 4. The van der Waals surface area contributed by atoms with Crippen molar-refractivity contribution in [3.8, 4) is 11.8 Å². The molecule has 0 bridgehead atoms. The van der Waals surface area contributed by atoms with Gasteiger partial charge in [0.2, 0.25) is 0 Å². The molecule has 0 amide bonds. The van der Waals surface area contributed by atoms with Crippen LogP contribution < -0.4 is 14.0 Å². The number of hydrogen-bond acceptors (Lipinski definition) is 3. The Kier molecular flexibility index (Phi) is 7.86. The lowest BCUT2D eigenvalue weighted by atomic mass is 10.3. The minimum absolute atomic E-state index is 0.612. The predicted molar refractivity (Wildman–Crippen MR) is 62.6 cm³/mol. The molecule has 0 saturated heterocycles. The third-order valence-electron chi connectivity index (χ3n) is 1.78. The van der Waals surface area contributed by atoms with E-state index < -0.39 is 7.25 Å². The minimum atomic E-state index is -6.00. The smallest absolute Gasteiger partial charge is 0.462 e. The van der Waals surface area contributed by atoms with Crippen LogP contribution in [0, 0.1) is 0 Å². The molecule has 0 fully saturated rings. The van der Waals surface area contributed by atoms with Crippen molar-refractivity contribution in [2.75, 3.05) is 13.2 Å². The normalized spacial score (nSPS) is 10.5. The van der Waals surface area contributed by atoms with Gasteiger partial charge in [-0.25, -0.2) is 0 Å². The maximum atomic E-state index is 9.75. The van der Waals surface area contributed by atoms with Gasteiger partial charge in [-0.1, -0.05) is 0 Å². The summed E-state index contributed by atoms with van der Waals surface area (Å²) in [4.78, 5) is 4.14. The quantitative estimate of drug-likeness (QED) is 0.473. The van der Waals surface area contributed by atoms with Crippen LogP contribution >= 0.6 is 0 Å². The summed E-state index contributed by atoms with van der Waals surface area (Å²) in [5.74, 6) is 1.41. The fourth-order valence-electron chi connectivity index (χ4n) is 1.15. The SMILES string of the molecule is CCOc1cc(OCC)[n+](CC)cn1.F[B-](F)(F)F. The zero-order valence-electron chi connectivity index (χ0n) is 11.1. The van der Waals surface area contributed by atoms with E-state index in [1.807, 2.05) is 31.4 Å². The fourth-order valence-corrected chi connectivity index (χ4v) is 1.15. The maximum absolute atomic E-state index is 9.75. The molecule has 1 rings (SSSR count). The minimum Gasteiger partial charge on any atom is -0.462 e. The van der Waals surface area contributed by atoms with Crippen LogP contribution in [0.15, 0.2) is 12.4 Å². The van der Waals surface area contributed by atoms with Crippen LogP contribution in [-0.2, 0) is 6.54 Å². The molecule has 0 aliphatic heterocycles. The van der Waals surface area contributed by atoms with Crippen molar-refractivity contribution in [1.82, 2.24) is 4.98 Å². The van der Waals surface area contributed by atoms with Gasteiger partial charge in [0.25, 0.3) is 12.2 Å². The molecule has 0 radical (unpaired) electrons. The Bertz CT molecular complexity index is 371. The van der Waals surface area contributed by atoms with Crippen molar-refractivity contribution >= 4 is 7.25 Å². The first-order chi connectivity index (χ1) is 8.81. The first-order valence-electron chi connectivity index (χ1n) is 5.84. The van der Waals surface area contributed by atoms with Gasteiger partial charge in [-0.3, -0.25) is 0 Å².